The highest BCUT2D eigenvalue weighted by molar-refractivity contribution is 5.45. The van der Waals surface area contributed by atoms with Gasteiger partial charge in [-0.05, 0) is 32.7 Å². The highest BCUT2D eigenvalue weighted by Gasteiger charge is 2.29. The molecule has 7 nitrogen and oxygen atoms in total. The van der Waals surface area contributed by atoms with Crippen LogP contribution in [-0.2, 0) is 0 Å². The Morgan fingerprint density at radius 2 is 1.79 bits per heavy atom. The zero-order valence-electron chi connectivity index (χ0n) is 15.1. The van der Waals surface area contributed by atoms with E-state index in [0.717, 1.165) is 24.8 Å². The summed E-state index contributed by atoms with van der Waals surface area (Å²) >= 11 is 0. The molecule has 0 aliphatic carbocycles. The predicted molar refractivity (Wildman–Crippen MR) is 96.5 cm³/mol. The number of nitrogen functional groups attached to an aromatic ring is 1. The lowest BCUT2D eigenvalue weighted by Gasteiger charge is -2.42. The van der Waals surface area contributed by atoms with Crippen LogP contribution >= 0.6 is 0 Å². The van der Waals surface area contributed by atoms with Crippen LogP contribution in [0.5, 0.6) is 5.88 Å². The Labute approximate surface area is 144 Å². The molecule has 2 aliphatic rings. The first-order valence-electron chi connectivity index (χ1n) is 8.93. The third kappa shape index (κ3) is 3.89. The van der Waals surface area contributed by atoms with Gasteiger partial charge in [-0.2, -0.15) is 9.97 Å². The minimum absolute atomic E-state index is 0.275. The first-order chi connectivity index (χ1) is 11.6. The molecule has 2 aliphatic heterocycles. The van der Waals surface area contributed by atoms with Crippen molar-refractivity contribution < 1.29 is 4.74 Å². The quantitative estimate of drug-likeness (QED) is 0.878. The van der Waals surface area contributed by atoms with Crippen LogP contribution in [0.1, 0.15) is 19.8 Å². The van der Waals surface area contributed by atoms with E-state index in [9.17, 15) is 0 Å². The van der Waals surface area contributed by atoms with Gasteiger partial charge in [-0.15, -0.1) is 0 Å². The van der Waals surface area contributed by atoms with E-state index >= 15 is 0 Å². The molecule has 2 N–H and O–H groups in total. The standard InChI is InChI=1S/C17H30N6O/c1-13(22-10-8-21(2)9-11-22)14-4-6-23(7-5-14)15-12-16(24-3)20-17(18)19-15/h12-14H,4-11H2,1-3H3,(H2,18,19,20)/t13-/m1/s1. The fourth-order valence-electron chi connectivity index (χ4n) is 3.84. The summed E-state index contributed by atoms with van der Waals surface area (Å²) in [5.74, 6) is 2.44. The van der Waals surface area contributed by atoms with Crippen LogP contribution < -0.4 is 15.4 Å². The molecule has 2 fully saturated rings. The van der Waals surface area contributed by atoms with E-state index < -0.39 is 0 Å². The number of hydrogen-bond donors (Lipinski definition) is 1. The van der Waals surface area contributed by atoms with Crippen molar-refractivity contribution >= 4 is 11.8 Å². The molecule has 0 spiro atoms. The number of aromatic nitrogens is 2. The Kier molecular flexibility index (Phi) is 5.40. The zero-order valence-corrected chi connectivity index (χ0v) is 15.1. The third-order valence-corrected chi connectivity index (χ3v) is 5.58. The minimum Gasteiger partial charge on any atom is -0.481 e. The van der Waals surface area contributed by atoms with Gasteiger partial charge < -0.3 is 20.3 Å². The topological polar surface area (TPSA) is 70.8 Å². The predicted octanol–water partition coefficient (Wildman–Crippen LogP) is 0.920. The van der Waals surface area contributed by atoms with Gasteiger partial charge in [-0.1, -0.05) is 0 Å². The summed E-state index contributed by atoms with van der Waals surface area (Å²) in [6.45, 7) is 9.18. The number of anilines is 2. The molecule has 0 amide bonds. The molecule has 3 heterocycles. The maximum absolute atomic E-state index is 5.79. The van der Waals surface area contributed by atoms with Crippen LogP contribution in [-0.4, -0.2) is 79.2 Å². The van der Waals surface area contributed by atoms with E-state index in [1.54, 1.807) is 7.11 Å². The van der Waals surface area contributed by atoms with Crippen molar-refractivity contribution in [3.63, 3.8) is 0 Å². The number of hydrogen-bond acceptors (Lipinski definition) is 7. The van der Waals surface area contributed by atoms with Gasteiger partial charge in [-0.25, -0.2) is 0 Å². The van der Waals surface area contributed by atoms with Gasteiger partial charge in [0.2, 0.25) is 11.8 Å². The molecule has 3 rings (SSSR count). The Hall–Kier alpha value is -1.60. The van der Waals surface area contributed by atoms with Gasteiger partial charge in [0.1, 0.15) is 5.82 Å². The van der Waals surface area contributed by atoms with Crippen LogP contribution in [0.25, 0.3) is 0 Å². The molecule has 7 heteroatoms. The molecule has 1 aromatic rings. The van der Waals surface area contributed by atoms with Crippen molar-refractivity contribution in [1.29, 1.82) is 0 Å². The van der Waals surface area contributed by atoms with E-state index in [0.29, 0.717) is 11.9 Å². The van der Waals surface area contributed by atoms with Gasteiger partial charge >= 0.3 is 0 Å². The Balaban J connectivity index is 1.56. The molecule has 0 radical (unpaired) electrons. The highest BCUT2D eigenvalue weighted by atomic mass is 16.5. The summed E-state index contributed by atoms with van der Waals surface area (Å²) in [7, 11) is 3.82. The minimum atomic E-state index is 0.275. The number of ether oxygens (including phenoxy) is 1. The number of piperidine rings is 1. The summed E-state index contributed by atoms with van der Waals surface area (Å²) in [5.41, 5.74) is 5.79. The second-order valence-electron chi connectivity index (χ2n) is 7.03. The van der Waals surface area contributed by atoms with E-state index in [2.05, 4.69) is 38.6 Å². The Morgan fingerprint density at radius 3 is 2.42 bits per heavy atom. The van der Waals surface area contributed by atoms with Gasteiger partial charge in [0, 0.05) is 51.4 Å². The third-order valence-electron chi connectivity index (χ3n) is 5.58. The zero-order chi connectivity index (χ0) is 17.1. The summed E-state index contributed by atoms with van der Waals surface area (Å²) in [5, 5.41) is 0. The lowest BCUT2D eigenvalue weighted by Crippen LogP contribution is -2.51. The molecule has 1 atom stereocenters. The molecule has 0 saturated carbocycles. The van der Waals surface area contributed by atoms with Crippen LogP contribution in [0.15, 0.2) is 6.07 Å². The van der Waals surface area contributed by atoms with Crippen LogP contribution in [0.2, 0.25) is 0 Å². The molecule has 0 aromatic carbocycles. The summed E-state index contributed by atoms with van der Waals surface area (Å²) in [6.07, 6.45) is 2.39. The number of nitrogens with two attached hydrogens (primary N) is 1. The molecule has 0 bridgehead atoms. The molecule has 0 unspecified atom stereocenters. The molecular formula is C17H30N6O. The fourth-order valence-corrected chi connectivity index (χ4v) is 3.84. The monoisotopic (exact) mass is 334 g/mol. The lowest BCUT2D eigenvalue weighted by molar-refractivity contribution is 0.0813. The molecular weight excluding hydrogens is 304 g/mol. The maximum Gasteiger partial charge on any atom is 0.225 e. The van der Waals surface area contributed by atoms with Crippen LogP contribution in [0.3, 0.4) is 0 Å². The average molecular weight is 334 g/mol. The summed E-state index contributed by atoms with van der Waals surface area (Å²) in [4.78, 5) is 15.8. The van der Waals surface area contributed by atoms with Crippen molar-refractivity contribution in [2.75, 3.05) is 64.1 Å². The average Bonchev–Trinajstić information content (AvgIpc) is 2.61. The van der Waals surface area contributed by atoms with E-state index in [1.807, 2.05) is 6.07 Å². The Bertz CT molecular complexity index is 538. The van der Waals surface area contributed by atoms with Crippen molar-refractivity contribution in [2.45, 2.75) is 25.8 Å². The summed E-state index contributed by atoms with van der Waals surface area (Å²) in [6, 6.07) is 2.53. The lowest BCUT2D eigenvalue weighted by atomic mass is 9.89. The van der Waals surface area contributed by atoms with Crippen molar-refractivity contribution in [1.82, 2.24) is 19.8 Å². The smallest absolute Gasteiger partial charge is 0.225 e. The Morgan fingerprint density at radius 1 is 1.12 bits per heavy atom. The summed E-state index contributed by atoms with van der Waals surface area (Å²) < 4.78 is 5.21. The number of likely N-dealkylation sites (N-methyl/N-ethyl adjacent to an activating group) is 1. The largest absolute Gasteiger partial charge is 0.481 e. The second-order valence-corrected chi connectivity index (χ2v) is 7.03. The van der Waals surface area contributed by atoms with E-state index in [4.69, 9.17) is 10.5 Å². The maximum atomic E-state index is 5.79. The molecule has 24 heavy (non-hydrogen) atoms. The fraction of sp³-hybridized carbons (Fsp3) is 0.765. The number of nitrogens with zero attached hydrogens (tertiary/aromatic N) is 5. The van der Waals surface area contributed by atoms with E-state index in [-0.39, 0.29) is 5.95 Å². The van der Waals surface area contributed by atoms with Crippen molar-refractivity contribution in [2.24, 2.45) is 5.92 Å². The SMILES string of the molecule is COc1cc(N2CCC([C@@H](C)N3CCN(C)CC3)CC2)nc(N)n1. The van der Waals surface area contributed by atoms with E-state index in [1.165, 1.54) is 39.0 Å². The van der Waals surface area contributed by atoms with Gasteiger partial charge in [-0.3, -0.25) is 4.90 Å². The molecule has 2 saturated heterocycles. The molecule has 1 aromatic heterocycles. The normalized spacial score (nSPS) is 22.5. The van der Waals surface area contributed by atoms with Crippen LogP contribution in [0.4, 0.5) is 11.8 Å². The number of methoxy groups -OCH3 is 1. The van der Waals surface area contributed by atoms with Crippen molar-refractivity contribution in [3.05, 3.63) is 6.07 Å². The number of rotatable bonds is 4. The molecule has 134 valence electrons. The van der Waals surface area contributed by atoms with Gasteiger partial charge in [0.15, 0.2) is 0 Å². The first kappa shape index (κ1) is 17.2. The van der Waals surface area contributed by atoms with Gasteiger partial charge in [0.05, 0.1) is 7.11 Å². The van der Waals surface area contributed by atoms with Crippen LogP contribution in [0, 0.1) is 5.92 Å². The second kappa shape index (κ2) is 7.53. The first-order valence-corrected chi connectivity index (χ1v) is 8.93. The number of piperazine rings is 1. The highest BCUT2D eigenvalue weighted by Crippen LogP contribution is 2.28. The van der Waals surface area contributed by atoms with Crippen molar-refractivity contribution in [3.8, 4) is 5.88 Å². The van der Waals surface area contributed by atoms with Gasteiger partial charge in [0.25, 0.3) is 0 Å².